The monoisotopic (exact) mass is 323 g/mol. The van der Waals surface area contributed by atoms with Gasteiger partial charge in [0.25, 0.3) is 0 Å². The molecule has 20 heavy (non-hydrogen) atoms. The maximum absolute atomic E-state index is 12.4. The molecule has 0 aliphatic heterocycles. The highest BCUT2D eigenvalue weighted by Crippen LogP contribution is 2.42. The fourth-order valence-electron chi connectivity index (χ4n) is 1.43. The molecular weight excluding hydrogens is 315 g/mol. The minimum Gasteiger partial charge on any atom is -0.466 e. The number of halogens is 4. The average molecular weight is 324 g/mol. The Balaban J connectivity index is 3.08. The molecule has 0 radical (unpaired) electrons. The lowest BCUT2D eigenvalue weighted by atomic mass is 10.1. The van der Waals surface area contributed by atoms with Crippen molar-refractivity contribution < 1.29 is 22.7 Å². The summed E-state index contributed by atoms with van der Waals surface area (Å²) in [6, 6.07) is 4.08. The number of hydrogen-bond acceptors (Lipinski definition) is 4. The molecule has 0 unspecified atom stereocenters. The van der Waals surface area contributed by atoms with Gasteiger partial charge >= 0.3 is 11.5 Å². The SMILES string of the molecule is CCOC(=O)Cc1cc(Cl)c(SC(F)(F)F)c(C#N)c1. The van der Waals surface area contributed by atoms with Crippen molar-refractivity contribution in [3.05, 3.63) is 28.3 Å². The molecule has 0 aromatic heterocycles. The van der Waals surface area contributed by atoms with Crippen molar-refractivity contribution in [2.45, 2.75) is 23.7 Å². The van der Waals surface area contributed by atoms with Gasteiger partial charge in [0.05, 0.1) is 28.5 Å². The van der Waals surface area contributed by atoms with Gasteiger partial charge in [-0.1, -0.05) is 11.6 Å². The lowest BCUT2D eigenvalue weighted by molar-refractivity contribution is -0.142. The molecule has 8 heteroatoms. The Morgan fingerprint density at radius 3 is 2.65 bits per heavy atom. The summed E-state index contributed by atoms with van der Waals surface area (Å²) >= 11 is 5.30. The van der Waals surface area contributed by atoms with Crippen molar-refractivity contribution in [2.75, 3.05) is 6.61 Å². The zero-order valence-corrected chi connectivity index (χ0v) is 11.8. The van der Waals surface area contributed by atoms with E-state index >= 15 is 0 Å². The molecule has 1 rings (SSSR count). The molecule has 3 nitrogen and oxygen atoms in total. The fourth-order valence-corrected chi connectivity index (χ4v) is 2.39. The third-order valence-corrected chi connectivity index (χ3v) is 3.38. The van der Waals surface area contributed by atoms with Crippen molar-refractivity contribution >= 4 is 29.3 Å². The highest BCUT2D eigenvalue weighted by Gasteiger charge is 2.32. The fraction of sp³-hybridized carbons (Fsp3) is 0.333. The van der Waals surface area contributed by atoms with Gasteiger partial charge in [-0.2, -0.15) is 18.4 Å². The van der Waals surface area contributed by atoms with Gasteiger partial charge in [-0.15, -0.1) is 0 Å². The normalized spacial score (nSPS) is 11.0. The first kappa shape index (κ1) is 16.7. The molecule has 0 bridgehead atoms. The molecule has 0 spiro atoms. The molecule has 0 aliphatic carbocycles. The van der Waals surface area contributed by atoms with E-state index in [9.17, 15) is 18.0 Å². The van der Waals surface area contributed by atoms with E-state index in [-0.39, 0.29) is 28.5 Å². The van der Waals surface area contributed by atoms with Gasteiger partial charge in [0.2, 0.25) is 0 Å². The number of benzene rings is 1. The van der Waals surface area contributed by atoms with E-state index in [4.69, 9.17) is 21.6 Å². The maximum atomic E-state index is 12.4. The summed E-state index contributed by atoms with van der Waals surface area (Å²) < 4.78 is 41.8. The van der Waals surface area contributed by atoms with Crippen LogP contribution in [0.25, 0.3) is 0 Å². The Bertz CT molecular complexity index is 555. The Morgan fingerprint density at radius 2 is 2.15 bits per heavy atom. The van der Waals surface area contributed by atoms with Crippen LogP contribution in [0, 0.1) is 11.3 Å². The highest BCUT2D eigenvalue weighted by molar-refractivity contribution is 8.00. The standard InChI is InChI=1S/C12H9ClF3NO2S/c1-2-19-10(18)5-7-3-8(6-17)11(9(13)4-7)20-12(14,15)16/h3-4H,2,5H2,1H3. The first-order chi connectivity index (χ1) is 9.26. The minimum absolute atomic E-state index is 0.154. The van der Waals surface area contributed by atoms with Gasteiger partial charge in [-0.3, -0.25) is 4.79 Å². The second-order valence-electron chi connectivity index (χ2n) is 3.60. The first-order valence-electron chi connectivity index (χ1n) is 5.40. The minimum atomic E-state index is -4.54. The number of nitriles is 1. The second kappa shape index (κ2) is 6.86. The summed E-state index contributed by atoms with van der Waals surface area (Å²) in [4.78, 5) is 10.9. The summed E-state index contributed by atoms with van der Waals surface area (Å²) in [6.45, 7) is 1.83. The number of carbonyl (C=O) groups excluding carboxylic acids is 1. The van der Waals surface area contributed by atoms with Gasteiger partial charge in [0.1, 0.15) is 6.07 Å². The van der Waals surface area contributed by atoms with Crippen LogP contribution in [0.2, 0.25) is 5.02 Å². The van der Waals surface area contributed by atoms with Crippen LogP contribution in [0.1, 0.15) is 18.1 Å². The molecule has 0 saturated carbocycles. The number of esters is 1. The van der Waals surface area contributed by atoms with Crippen LogP contribution in [0.15, 0.2) is 17.0 Å². The lowest BCUT2D eigenvalue weighted by Crippen LogP contribution is -2.08. The van der Waals surface area contributed by atoms with Crippen LogP contribution in [0.3, 0.4) is 0 Å². The quantitative estimate of drug-likeness (QED) is 0.622. The van der Waals surface area contributed by atoms with Crippen LogP contribution in [0.4, 0.5) is 13.2 Å². The van der Waals surface area contributed by atoms with Gasteiger partial charge in [-0.05, 0) is 36.4 Å². The summed E-state index contributed by atoms with van der Waals surface area (Å²) in [7, 11) is 0. The molecule has 0 fully saturated rings. The molecule has 1 aromatic carbocycles. The Labute approximate surface area is 122 Å². The molecule has 0 aliphatic rings. The van der Waals surface area contributed by atoms with Crippen molar-refractivity contribution in [1.82, 2.24) is 0 Å². The van der Waals surface area contributed by atoms with E-state index in [0.29, 0.717) is 5.56 Å². The van der Waals surface area contributed by atoms with E-state index in [1.165, 1.54) is 12.1 Å². The number of alkyl halides is 3. The number of nitrogens with zero attached hydrogens (tertiary/aromatic N) is 1. The molecule has 0 atom stereocenters. The first-order valence-corrected chi connectivity index (χ1v) is 6.60. The Hall–Kier alpha value is -1.39. The lowest BCUT2D eigenvalue weighted by Gasteiger charge is -2.11. The van der Waals surface area contributed by atoms with Crippen molar-refractivity contribution in [2.24, 2.45) is 0 Å². The molecular formula is C12H9ClF3NO2S. The predicted molar refractivity (Wildman–Crippen MR) is 68.4 cm³/mol. The number of hydrogen-bond donors (Lipinski definition) is 0. The van der Waals surface area contributed by atoms with E-state index in [0.717, 1.165) is 0 Å². The van der Waals surface area contributed by atoms with Gasteiger partial charge < -0.3 is 4.74 Å². The number of ether oxygens (including phenoxy) is 1. The summed E-state index contributed by atoms with van der Waals surface area (Å²) in [5.74, 6) is -0.538. The highest BCUT2D eigenvalue weighted by atomic mass is 35.5. The van der Waals surface area contributed by atoms with Crippen LogP contribution in [-0.4, -0.2) is 18.1 Å². The van der Waals surface area contributed by atoms with Crippen molar-refractivity contribution in [1.29, 1.82) is 5.26 Å². The van der Waals surface area contributed by atoms with E-state index in [1.54, 1.807) is 13.0 Å². The predicted octanol–water partition coefficient (Wildman–Crippen LogP) is 3.93. The number of rotatable bonds is 4. The Morgan fingerprint density at radius 1 is 1.50 bits per heavy atom. The van der Waals surface area contributed by atoms with E-state index in [1.807, 2.05) is 0 Å². The van der Waals surface area contributed by atoms with Crippen LogP contribution in [-0.2, 0) is 16.0 Å². The van der Waals surface area contributed by atoms with E-state index in [2.05, 4.69) is 0 Å². The average Bonchev–Trinajstić information content (AvgIpc) is 2.31. The smallest absolute Gasteiger partial charge is 0.446 e. The number of carbonyl (C=O) groups is 1. The zero-order valence-electron chi connectivity index (χ0n) is 10.3. The van der Waals surface area contributed by atoms with Crippen LogP contribution < -0.4 is 0 Å². The summed E-state index contributed by atoms with van der Waals surface area (Å²) in [5.41, 5.74) is -4.44. The molecule has 0 saturated heterocycles. The topological polar surface area (TPSA) is 50.1 Å². The molecule has 108 valence electrons. The molecule has 1 aromatic rings. The Kier molecular flexibility index (Phi) is 5.72. The molecule has 0 heterocycles. The molecule has 0 amide bonds. The third kappa shape index (κ3) is 4.94. The van der Waals surface area contributed by atoms with Gasteiger partial charge in [-0.25, -0.2) is 0 Å². The summed E-state index contributed by atoms with van der Waals surface area (Å²) in [6.07, 6.45) is -0.154. The van der Waals surface area contributed by atoms with Crippen molar-refractivity contribution in [3.8, 4) is 6.07 Å². The second-order valence-corrected chi connectivity index (χ2v) is 5.08. The maximum Gasteiger partial charge on any atom is 0.446 e. The third-order valence-electron chi connectivity index (χ3n) is 2.10. The van der Waals surface area contributed by atoms with Gasteiger partial charge in [0.15, 0.2) is 0 Å². The van der Waals surface area contributed by atoms with E-state index < -0.39 is 23.2 Å². The van der Waals surface area contributed by atoms with Crippen molar-refractivity contribution in [3.63, 3.8) is 0 Å². The summed E-state index contributed by atoms with van der Waals surface area (Å²) in [5, 5.41) is 8.68. The number of thioether (sulfide) groups is 1. The largest absolute Gasteiger partial charge is 0.466 e. The van der Waals surface area contributed by atoms with Crippen LogP contribution >= 0.6 is 23.4 Å². The zero-order chi connectivity index (χ0) is 15.3. The van der Waals surface area contributed by atoms with Gasteiger partial charge in [0, 0.05) is 0 Å². The molecule has 0 N–H and O–H groups in total. The van der Waals surface area contributed by atoms with Crippen LogP contribution in [0.5, 0.6) is 0 Å².